The number of aliphatic imine (C=N–C) groups is 1. The number of nitrogens with one attached hydrogen (secondary N) is 1. The van der Waals surface area contributed by atoms with Gasteiger partial charge < -0.3 is 14.5 Å². The number of thioether (sulfide) groups is 1. The first kappa shape index (κ1) is 12.5. The second-order valence-electron chi connectivity index (χ2n) is 3.99. The van der Waals surface area contributed by atoms with E-state index in [0.29, 0.717) is 24.7 Å². The molecule has 96 valence electrons. The van der Waals surface area contributed by atoms with Crippen molar-refractivity contribution in [1.82, 2.24) is 15.4 Å². The molecule has 1 atom stereocenters. The lowest BCUT2D eigenvalue weighted by atomic mass is 10.4. The third kappa shape index (κ3) is 3.02. The van der Waals surface area contributed by atoms with Crippen LogP contribution < -0.4 is 5.59 Å². The van der Waals surface area contributed by atoms with Crippen LogP contribution in [0.15, 0.2) is 10.1 Å². The van der Waals surface area contributed by atoms with Gasteiger partial charge in [-0.3, -0.25) is 10.2 Å². The number of rotatable bonds is 3. The summed E-state index contributed by atoms with van der Waals surface area (Å²) in [5, 5.41) is 14.1. The van der Waals surface area contributed by atoms with Gasteiger partial charge in [-0.25, -0.2) is 0 Å². The Kier molecular flexibility index (Phi) is 4.08. The Bertz CT molecular complexity index is 335. The Morgan fingerprint density at radius 3 is 3.12 bits per heavy atom. The van der Waals surface area contributed by atoms with E-state index < -0.39 is 0 Å². The zero-order chi connectivity index (χ0) is 12.3. The highest BCUT2D eigenvalue weighted by atomic mass is 32.2. The Morgan fingerprint density at radius 1 is 1.65 bits per heavy atom. The van der Waals surface area contributed by atoms with Crippen LogP contribution in [0, 0.1) is 0 Å². The molecule has 1 fully saturated rings. The molecule has 1 unspecified atom stereocenters. The SMILES string of the molecule is CC1=NCC(CN2COCN(C)/C2=N\NO)S1. The zero-order valence-electron chi connectivity index (χ0n) is 9.96. The summed E-state index contributed by atoms with van der Waals surface area (Å²) in [5.74, 6) is 0.684. The van der Waals surface area contributed by atoms with Crippen molar-refractivity contribution in [2.75, 3.05) is 33.6 Å². The standard InChI is InChI=1S/C9H17N5O2S/c1-7-10-3-8(17-7)4-14-6-16-5-13(2)9(14)11-12-15/h8,12,15H,3-6H2,1-2H3/b11-9+. The van der Waals surface area contributed by atoms with E-state index in [-0.39, 0.29) is 0 Å². The summed E-state index contributed by atoms with van der Waals surface area (Å²) in [7, 11) is 1.87. The summed E-state index contributed by atoms with van der Waals surface area (Å²) >= 11 is 1.78. The fourth-order valence-corrected chi connectivity index (χ4v) is 2.90. The summed E-state index contributed by atoms with van der Waals surface area (Å²) in [6.07, 6.45) is 0. The van der Waals surface area contributed by atoms with Crippen LogP contribution in [0.2, 0.25) is 0 Å². The molecular weight excluding hydrogens is 242 g/mol. The first-order valence-corrected chi connectivity index (χ1v) is 6.27. The predicted octanol–water partition coefficient (Wildman–Crippen LogP) is -0.0510. The second-order valence-corrected chi connectivity index (χ2v) is 5.49. The van der Waals surface area contributed by atoms with Crippen molar-refractivity contribution >= 4 is 22.8 Å². The number of hydrogen-bond acceptors (Lipinski definition) is 6. The normalized spacial score (nSPS) is 27.6. The molecule has 0 saturated carbocycles. The molecule has 2 rings (SSSR count). The summed E-state index contributed by atoms with van der Waals surface area (Å²) in [6, 6.07) is 0. The summed E-state index contributed by atoms with van der Waals surface area (Å²) in [5.41, 5.74) is 1.85. The highest BCUT2D eigenvalue weighted by Crippen LogP contribution is 2.22. The Balaban J connectivity index is 1.96. The quantitative estimate of drug-likeness (QED) is 0.692. The van der Waals surface area contributed by atoms with Crippen molar-refractivity contribution in [3.8, 4) is 0 Å². The van der Waals surface area contributed by atoms with Crippen molar-refractivity contribution in [2.24, 2.45) is 10.1 Å². The lowest BCUT2D eigenvalue weighted by Crippen LogP contribution is -2.52. The molecule has 0 radical (unpaired) electrons. The number of guanidine groups is 1. The minimum Gasteiger partial charge on any atom is -0.341 e. The molecule has 2 N–H and O–H groups in total. The molecular formula is C9H17N5O2S. The van der Waals surface area contributed by atoms with Crippen LogP contribution in [-0.2, 0) is 4.74 Å². The topological polar surface area (TPSA) is 72.7 Å². The average Bonchev–Trinajstić information content (AvgIpc) is 2.69. The molecule has 2 aliphatic heterocycles. The molecule has 0 aromatic carbocycles. The highest BCUT2D eigenvalue weighted by Gasteiger charge is 2.26. The Labute approximate surface area is 104 Å². The zero-order valence-corrected chi connectivity index (χ0v) is 10.8. The van der Waals surface area contributed by atoms with Crippen LogP contribution in [0.4, 0.5) is 0 Å². The minimum absolute atomic E-state index is 0.425. The molecule has 0 bridgehead atoms. The molecule has 17 heavy (non-hydrogen) atoms. The smallest absolute Gasteiger partial charge is 0.224 e. The van der Waals surface area contributed by atoms with Gasteiger partial charge in [0.1, 0.15) is 13.5 Å². The first-order chi connectivity index (χ1) is 8.20. The van der Waals surface area contributed by atoms with E-state index in [1.54, 1.807) is 11.8 Å². The number of hydrogen-bond donors (Lipinski definition) is 2. The third-order valence-electron chi connectivity index (χ3n) is 2.59. The van der Waals surface area contributed by atoms with Crippen LogP contribution in [0.25, 0.3) is 0 Å². The second kappa shape index (κ2) is 5.56. The van der Waals surface area contributed by atoms with Gasteiger partial charge >= 0.3 is 0 Å². The lowest BCUT2D eigenvalue weighted by molar-refractivity contribution is -0.0199. The van der Waals surface area contributed by atoms with Crippen LogP contribution >= 0.6 is 11.8 Å². The summed E-state index contributed by atoms with van der Waals surface area (Å²) < 4.78 is 5.42. The van der Waals surface area contributed by atoms with Crippen LogP contribution in [0.1, 0.15) is 6.92 Å². The van der Waals surface area contributed by atoms with Gasteiger partial charge in [0, 0.05) is 18.8 Å². The van der Waals surface area contributed by atoms with E-state index in [0.717, 1.165) is 18.1 Å². The van der Waals surface area contributed by atoms with E-state index in [4.69, 9.17) is 9.94 Å². The average molecular weight is 259 g/mol. The molecule has 8 heteroatoms. The Morgan fingerprint density at radius 2 is 2.47 bits per heavy atom. The molecule has 7 nitrogen and oxygen atoms in total. The first-order valence-electron chi connectivity index (χ1n) is 5.39. The van der Waals surface area contributed by atoms with E-state index in [1.807, 2.05) is 29.4 Å². The molecule has 0 aromatic rings. The monoisotopic (exact) mass is 259 g/mol. The van der Waals surface area contributed by atoms with Gasteiger partial charge in [0.2, 0.25) is 5.96 Å². The van der Waals surface area contributed by atoms with Gasteiger partial charge in [-0.1, -0.05) is 0 Å². The fraction of sp³-hybridized carbons (Fsp3) is 0.778. The molecule has 1 saturated heterocycles. The van der Waals surface area contributed by atoms with Gasteiger partial charge in [0.25, 0.3) is 0 Å². The highest BCUT2D eigenvalue weighted by molar-refractivity contribution is 8.14. The molecule has 2 heterocycles. The molecule has 2 aliphatic rings. The maximum Gasteiger partial charge on any atom is 0.224 e. The van der Waals surface area contributed by atoms with Gasteiger partial charge in [0.15, 0.2) is 0 Å². The summed E-state index contributed by atoms with van der Waals surface area (Å²) in [6.45, 7) is 4.62. The van der Waals surface area contributed by atoms with E-state index in [2.05, 4.69) is 10.1 Å². The van der Waals surface area contributed by atoms with Gasteiger partial charge in [0.05, 0.1) is 11.6 Å². The van der Waals surface area contributed by atoms with Crippen LogP contribution in [0.3, 0.4) is 0 Å². The van der Waals surface area contributed by atoms with Crippen LogP contribution in [0.5, 0.6) is 0 Å². The maximum atomic E-state index is 8.70. The van der Waals surface area contributed by atoms with Gasteiger partial charge in [-0.2, -0.15) is 5.59 Å². The van der Waals surface area contributed by atoms with Crippen molar-refractivity contribution in [3.63, 3.8) is 0 Å². The van der Waals surface area contributed by atoms with Crippen molar-refractivity contribution in [3.05, 3.63) is 0 Å². The van der Waals surface area contributed by atoms with Crippen LogP contribution in [-0.4, -0.2) is 64.9 Å². The van der Waals surface area contributed by atoms with Gasteiger partial charge in [-0.05, 0) is 6.92 Å². The third-order valence-corrected chi connectivity index (χ3v) is 3.69. The largest absolute Gasteiger partial charge is 0.341 e. The van der Waals surface area contributed by atoms with Gasteiger partial charge in [-0.15, -0.1) is 16.9 Å². The minimum atomic E-state index is 0.425. The number of hydrazone groups is 1. The number of ether oxygens (including phenoxy) is 1. The lowest BCUT2D eigenvalue weighted by Gasteiger charge is -2.37. The Hall–Kier alpha value is -0.990. The number of nitrogens with zero attached hydrogens (tertiary/aromatic N) is 4. The van der Waals surface area contributed by atoms with E-state index >= 15 is 0 Å². The van der Waals surface area contributed by atoms with E-state index in [1.165, 1.54) is 0 Å². The predicted molar refractivity (Wildman–Crippen MR) is 67.0 cm³/mol. The summed E-state index contributed by atoms with van der Waals surface area (Å²) in [4.78, 5) is 8.18. The van der Waals surface area contributed by atoms with Crippen molar-refractivity contribution < 1.29 is 9.94 Å². The molecule has 0 aromatic heterocycles. The molecule has 0 spiro atoms. The fourth-order valence-electron chi connectivity index (χ4n) is 1.87. The van der Waals surface area contributed by atoms with Crippen molar-refractivity contribution in [1.29, 1.82) is 0 Å². The molecule has 0 aliphatic carbocycles. The molecule has 0 amide bonds. The van der Waals surface area contributed by atoms with E-state index in [9.17, 15) is 0 Å². The van der Waals surface area contributed by atoms with Crippen molar-refractivity contribution in [2.45, 2.75) is 12.2 Å². The maximum absolute atomic E-state index is 8.70.